The number of carbonyl (C=O) groups is 4. The van der Waals surface area contributed by atoms with Crippen molar-refractivity contribution in [1.29, 1.82) is 0 Å². The zero-order valence-electron chi connectivity index (χ0n) is 17.3. The molecule has 1 fully saturated rings. The third-order valence-corrected chi connectivity index (χ3v) is 4.97. The van der Waals surface area contributed by atoms with Crippen LogP contribution in [0.25, 0.3) is 17.0 Å². The molecule has 0 radical (unpaired) electrons. The summed E-state index contributed by atoms with van der Waals surface area (Å²) in [6.07, 6.45) is 3.27. The molecule has 0 atom stereocenters. The Morgan fingerprint density at radius 3 is 2.62 bits per heavy atom. The van der Waals surface area contributed by atoms with Crippen LogP contribution in [-0.2, 0) is 32.2 Å². The average molecular weight is 437 g/mol. The topological polar surface area (TPSA) is 120 Å². The van der Waals surface area contributed by atoms with Crippen LogP contribution in [0.15, 0.2) is 52.7 Å². The number of fused-ring (bicyclic) bond motifs is 1. The normalized spacial score (nSPS) is 14.8. The van der Waals surface area contributed by atoms with Gasteiger partial charge in [0, 0.05) is 22.7 Å². The van der Waals surface area contributed by atoms with E-state index in [0.29, 0.717) is 5.56 Å². The van der Waals surface area contributed by atoms with Crippen molar-refractivity contribution >= 4 is 40.9 Å². The van der Waals surface area contributed by atoms with Crippen molar-refractivity contribution in [1.82, 2.24) is 14.8 Å². The number of nitrogens with one attached hydrogen (secondary N) is 1. The first-order valence-electron chi connectivity index (χ1n) is 9.57. The van der Waals surface area contributed by atoms with Gasteiger partial charge in [-0.1, -0.05) is 18.2 Å². The number of nitrogens with zero attached hydrogens (tertiary/aromatic N) is 2. The number of para-hydroxylation sites is 1. The Bertz CT molecular complexity index is 1270. The molecule has 0 spiro atoms. The van der Waals surface area contributed by atoms with Crippen LogP contribution in [0.4, 0.5) is 4.79 Å². The molecule has 1 aliphatic heterocycles. The molecular weight excluding hydrogens is 418 g/mol. The smallest absolute Gasteiger partial charge is 0.373 e. The number of aromatic nitrogens is 1. The van der Waals surface area contributed by atoms with E-state index >= 15 is 0 Å². The number of imide groups is 1. The highest BCUT2D eigenvalue weighted by Crippen LogP contribution is 2.25. The van der Waals surface area contributed by atoms with Crippen LogP contribution in [0.2, 0.25) is 0 Å². The van der Waals surface area contributed by atoms with Gasteiger partial charge in [0.15, 0.2) is 0 Å². The Morgan fingerprint density at radius 1 is 1.09 bits per heavy atom. The van der Waals surface area contributed by atoms with Gasteiger partial charge in [-0.25, -0.2) is 9.59 Å². The molecule has 2 aromatic heterocycles. The number of esters is 2. The lowest BCUT2D eigenvalue weighted by atomic mass is 10.1. The first-order valence-corrected chi connectivity index (χ1v) is 9.57. The number of urea groups is 1. The van der Waals surface area contributed by atoms with Crippen molar-refractivity contribution in [3.8, 4) is 0 Å². The van der Waals surface area contributed by atoms with E-state index in [1.165, 1.54) is 26.4 Å². The van der Waals surface area contributed by atoms with Crippen LogP contribution < -0.4 is 5.32 Å². The molecule has 164 valence electrons. The highest BCUT2D eigenvalue weighted by molar-refractivity contribution is 6.14. The van der Waals surface area contributed by atoms with Crippen LogP contribution in [0.3, 0.4) is 0 Å². The Labute approximate surface area is 182 Å². The molecule has 0 aliphatic carbocycles. The largest absolute Gasteiger partial charge is 0.468 e. The molecule has 0 saturated carbocycles. The van der Waals surface area contributed by atoms with E-state index < -0.39 is 23.9 Å². The van der Waals surface area contributed by atoms with Crippen molar-refractivity contribution in [2.24, 2.45) is 0 Å². The second kappa shape index (κ2) is 8.42. The number of hydrogen-bond donors (Lipinski definition) is 1. The van der Waals surface area contributed by atoms with E-state index in [0.717, 1.165) is 15.8 Å². The van der Waals surface area contributed by atoms with Crippen LogP contribution in [0, 0.1) is 0 Å². The third kappa shape index (κ3) is 3.85. The minimum atomic E-state index is -0.655. The van der Waals surface area contributed by atoms with Gasteiger partial charge in [0.05, 0.1) is 20.8 Å². The Kier molecular flexibility index (Phi) is 5.50. The van der Waals surface area contributed by atoms with E-state index in [4.69, 9.17) is 9.15 Å². The zero-order chi connectivity index (χ0) is 22.8. The average Bonchev–Trinajstić information content (AvgIpc) is 3.47. The Hall–Kier alpha value is -4.34. The molecular formula is C22H19N3O7. The molecule has 4 rings (SSSR count). The Morgan fingerprint density at radius 2 is 1.88 bits per heavy atom. The highest BCUT2D eigenvalue weighted by atomic mass is 16.5. The molecule has 3 amide bonds. The third-order valence-electron chi connectivity index (χ3n) is 4.97. The van der Waals surface area contributed by atoms with Crippen molar-refractivity contribution < 1.29 is 33.1 Å². The van der Waals surface area contributed by atoms with Crippen LogP contribution in [0.5, 0.6) is 0 Å². The lowest BCUT2D eigenvalue weighted by Crippen LogP contribution is -2.30. The summed E-state index contributed by atoms with van der Waals surface area (Å²) in [5, 5.41) is 3.36. The van der Waals surface area contributed by atoms with E-state index in [1.807, 2.05) is 24.3 Å². The SMILES string of the molecule is COC(=O)Cn1cc(/C=C2\NC(=O)N(Cc3ccc(C(=O)OC)o3)C2=O)c2ccccc21. The zero-order valence-corrected chi connectivity index (χ0v) is 17.3. The van der Waals surface area contributed by atoms with Crippen molar-refractivity contribution in [2.45, 2.75) is 13.1 Å². The molecule has 1 aromatic carbocycles. The lowest BCUT2D eigenvalue weighted by molar-refractivity contribution is -0.141. The van der Waals surface area contributed by atoms with Gasteiger partial charge in [-0.2, -0.15) is 0 Å². The summed E-state index contributed by atoms with van der Waals surface area (Å²) < 4.78 is 16.4. The molecule has 1 N–H and O–H groups in total. The second-order valence-corrected chi connectivity index (χ2v) is 6.94. The fourth-order valence-electron chi connectivity index (χ4n) is 3.42. The maximum Gasteiger partial charge on any atom is 0.373 e. The van der Waals surface area contributed by atoms with E-state index in [1.54, 1.807) is 16.8 Å². The molecule has 1 saturated heterocycles. The molecule has 32 heavy (non-hydrogen) atoms. The number of benzene rings is 1. The molecule has 1 aliphatic rings. The molecule has 3 aromatic rings. The van der Waals surface area contributed by atoms with Crippen LogP contribution in [-0.4, -0.2) is 47.6 Å². The number of rotatable bonds is 6. The number of carbonyl (C=O) groups excluding carboxylic acids is 4. The standard InChI is InChI=1S/C22H19N3O7/c1-30-19(26)12-24-10-13(15-5-3-4-6-17(15)24)9-16-20(27)25(22(29)23-16)11-14-7-8-18(32-14)21(28)31-2/h3-10H,11-12H2,1-2H3,(H,23,29)/b16-9-. The molecule has 10 nitrogen and oxygen atoms in total. The quantitative estimate of drug-likeness (QED) is 0.357. The molecule has 10 heteroatoms. The number of hydrogen-bond acceptors (Lipinski definition) is 7. The minimum absolute atomic E-state index is 0.00758. The summed E-state index contributed by atoms with van der Waals surface area (Å²) >= 11 is 0. The minimum Gasteiger partial charge on any atom is -0.468 e. The maximum atomic E-state index is 12.8. The van der Waals surface area contributed by atoms with Crippen molar-refractivity contribution in [3.63, 3.8) is 0 Å². The summed E-state index contributed by atoms with van der Waals surface area (Å²) in [6.45, 7) is -0.142. The van der Waals surface area contributed by atoms with Crippen molar-refractivity contribution in [2.75, 3.05) is 14.2 Å². The van der Waals surface area contributed by atoms with E-state index in [-0.39, 0.29) is 30.3 Å². The lowest BCUT2D eigenvalue weighted by Gasteiger charge is -2.09. The molecule has 0 unspecified atom stereocenters. The first kappa shape index (κ1) is 20.9. The van der Waals surface area contributed by atoms with Gasteiger partial charge in [-0.3, -0.25) is 14.5 Å². The van der Waals surface area contributed by atoms with Gasteiger partial charge in [-0.15, -0.1) is 0 Å². The Balaban J connectivity index is 1.60. The van der Waals surface area contributed by atoms with E-state index in [2.05, 4.69) is 10.1 Å². The van der Waals surface area contributed by atoms with Gasteiger partial charge in [0.25, 0.3) is 5.91 Å². The van der Waals surface area contributed by atoms with Gasteiger partial charge in [0.2, 0.25) is 5.76 Å². The van der Waals surface area contributed by atoms with E-state index in [9.17, 15) is 19.2 Å². The number of furan rings is 1. The molecule has 3 heterocycles. The van der Waals surface area contributed by atoms with Gasteiger partial charge in [-0.05, 0) is 24.3 Å². The number of methoxy groups -OCH3 is 2. The fourth-order valence-corrected chi connectivity index (χ4v) is 3.42. The predicted molar refractivity (Wildman–Crippen MR) is 111 cm³/mol. The predicted octanol–water partition coefficient (Wildman–Crippen LogP) is 2.29. The summed E-state index contributed by atoms with van der Waals surface area (Å²) in [6, 6.07) is 9.66. The van der Waals surface area contributed by atoms with Crippen molar-refractivity contribution in [3.05, 3.63) is 65.4 Å². The summed E-state index contributed by atoms with van der Waals surface area (Å²) in [7, 11) is 2.53. The second-order valence-electron chi connectivity index (χ2n) is 6.94. The highest BCUT2D eigenvalue weighted by Gasteiger charge is 2.34. The summed E-state index contributed by atoms with van der Waals surface area (Å²) in [5.74, 6) is -1.38. The summed E-state index contributed by atoms with van der Waals surface area (Å²) in [5.41, 5.74) is 1.51. The first-order chi connectivity index (χ1) is 15.4. The maximum absolute atomic E-state index is 12.8. The fraction of sp³-hybridized carbons (Fsp3) is 0.182. The van der Waals surface area contributed by atoms with Gasteiger partial charge in [0.1, 0.15) is 18.0 Å². The van der Waals surface area contributed by atoms with Crippen LogP contribution in [0.1, 0.15) is 21.9 Å². The summed E-state index contributed by atoms with van der Waals surface area (Å²) in [4.78, 5) is 49.5. The van der Waals surface area contributed by atoms with Gasteiger partial charge >= 0.3 is 18.0 Å². The number of amides is 3. The van der Waals surface area contributed by atoms with Crippen LogP contribution >= 0.6 is 0 Å². The monoisotopic (exact) mass is 437 g/mol. The number of ether oxygens (including phenoxy) is 2. The van der Waals surface area contributed by atoms with Gasteiger partial charge < -0.3 is 23.8 Å². The molecule has 0 bridgehead atoms.